The van der Waals surface area contributed by atoms with Gasteiger partial charge in [-0.2, -0.15) is 0 Å². The molecule has 0 radical (unpaired) electrons. The van der Waals surface area contributed by atoms with E-state index >= 15 is 0 Å². The Labute approximate surface area is 99.2 Å². The minimum Gasteiger partial charge on any atom is -0.334 e. The van der Waals surface area contributed by atoms with Crippen LogP contribution in [0.3, 0.4) is 0 Å². The van der Waals surface area contributed by atoms with Crippen molar-refractivity contribution in [1.82, 2.24) is 4.90 Å². The van der Waals surface area contributed by atoms with Gasteiger partial charge in [0.15, 0.2) is 0 Å². The van der Waals surface area contributed by atoms with Gasteiger partial charge in [-0.1, -0.05) is 0 Å². The molecule has 1 amide bonds. The number of carbonyl (C=O) groups is 1. The number of aryl methyl sites for hydroxylation is 1. The summed E-state index contributed by atoms with van der Waals surface area (Å²) in [7, 11) is 0. The van der Waals surface area contributed by atoms with Crippen LogP contribution in [-0.2, 0) is 11.2 Å². The molecule has 1 aromatic heterocycles. The second kappa shape index (κ2) is 3.86. The van der Waals surface area contributed by atoms with Crippen molar-refractivity contribution in [2.24, 2.45) is 5.73 Å². The molecule has 1 aromatic rings. The van der Waals surface area contributed by atoms with Gasteiger partial charge in [-0.05, 0) is 36.3 Å². The van der Waals surface area contributed by atoms with Crippen molar-refractivity contribution < 1.29 is 4.79 Å². The first-order chi connectivity index (χ1) is 7.75. The molecule has 3 rings (SSSR count). The predicted molar refractivity (Wildman–Crippen MR) is 64.3 cm³/mol. The van der Waals surface area contributed by atoms with Crippen LogP contribution in [0.25, 0.3) is 0 Å². The zero-order valence-corrected chi connectivity index (χ0v) is 10.0. The van der Waals surface area contributed by atoms with Gasteiger partial charge in [-0.3, -0.25) is 4.79 Å². The lowest BCUT2D eigenvalue weighted by molar-refractivity contribution is -0.130. The summed E-state index contributed by atoms with van der Waals surface area (Å²) in [6, 6.07) is 2.52. The molecule has 1 aliphatic carbocycles. The van der Waals surface area contributed by atoms with Crippen LogP contribution in [0.1, 0.15) is 35.7 Å². The van der Waals surface area contributed by atoms with E-state index in [0.717, 1.165) is 13.0 Å². The standard InChI is InChI=1S/C12H16N2OS/c13-8-6-12(15)14(7-8)10-2-1-3-11-9(10)4-5-16-11/h4-5,8,10H,1-3,6-7,13H2. The summed E-state index contributed by atoms with van der Waals surface area (Å²) in [5.41, 5.74) is 7.23. The zero-order chi connectivity index (χ0) is 11.1. The van der Waals surface area contributed by atoms with Crippen LogP contribution in [0.2, 0.25) is 0 Å². The number of fused-ring (bicyclic) bond motifs is 1. The van der Waals surface area contributed by atoms with Crippen LogP contribution < -0.4 is 5.73 Å². The highest BCUT2D eigenvalue weighted by molar-refractivity contribution is 7.10. The van der Waals surface area contributed by atoms with Crippen LogP contribution in [0.5, 0.6) is 0 Å². The molecule has 2 unspecified atom stereocenters. The molecule has 86 valence electrons. The molecule has 3 nitrogen and oxygen atoms in total. The molecule has 2 aliphatic rings. The van der Waals surface area contributed by atoms with Crippen molar-refractivity contribution >= 4 is 17.2 Å². The molecule has 0 aromatic carbocycles. The van der Waals surface area contributed by atoms with E-state index in [9.17, 15) is 4.79 Å². The van der Waals surface area contributed by atoms with E-state index in [1.54, 1.807) is 0 Å². The second-order valence-electron chi connectivity index (χ2n) is 4.72. The van der Waals surface area contributed by atoms with E-state index in [-0.39, 0.29) is 11.9 Å². The Bertz CT molecular complexity index is 415. The average Bonchev–Trinajstić information content (AvgIpc) is 2.84. The number of thiophene rings is 1. The van der Waals surface area contributed by atoms with Crippen molar-refractivity contribution in [3.05, 3.63) is 21.9 Å². The summed E-state index contributed by atoms with van der Waals surface area (Å²) in [6.45, 7) is 0.735. The normalized spacial score (nSPS) is 29.6. The summed E-state index contributed by atoms with van der Waals surface area (Å²) < 4.78 is 0. The zero-order valence-electron chi connectivity index (χ0n) is 9.19. The van der Waals surface area contributed by atoms with Crippen LogP contribution in [-0.4, -0.2) is 23.4 Å². The Hall–Kier alpha value is -0.870. The quantitative estimate of drug-likeness (QED) is 0.806. The Morgan fingerprint density at radius 1 is 1.50 bits per heavy atom. The number of hydrogen-bond donors (Lipinski definition) is 1. The summed E-state index contributed by atoms with van der Waals surface area (Å²) in [5.74, 6) is 0.233. The fourth-order valence-corrected chi connectivity index (χ4v) is 3.83. The Morgan fingerprint density at radius 3 is 3.12 bits per heavy atom. The van der Waals surface area contributed by atoms with E-state index in [0.29, 0.717) is 12.5 Å². The number of nitrogens with two attached hydrogens (primary N) is 1. The van der Waals surface area contributed by atoms with Crippen LogP contribution in [0.15, 0.2) is 11.4 Å². The highest BCUT2D eigenvalue weighted by Gasteiger charge is 2.35. The van der Waals surface area contributed by atoms with Crippen molar-refractivity contribution in [2.45, 2.75) is 37.8 Å². The Balaban J connectivity index is 1.90. The third-order valence-corrected chi connectivity index (χ3v) is 4.58. The Morgan fingerprint density at radius 2 is 2.38 bits per heavy atom. The summed E-state index contributed by atoms with van der Waals surface area (Å²) >= 11 is 1.82. The van der Waals surface area contributed by atoms with Crippen molar-refractivity contribution in [2.75, 3.05) is 6.54 Å². The van der Waals surface area contributed by atoms with Gasteiger partial charge in [0, 0.05) is 23.9 Å². The minimum atomic E-state index is 0.0384. The minimum absolute atomic E-state index is 0.0384. The number of likely N-dealkylation sites (tertiary alicyclic amines) is 1. The van der Waals surface area contributed by atoms with E-state index in [4.69, 9.17) is 5.73 Å². The van der Waals surface area contributed by atoms with Gasteiger partial charge in [-0.15, -0.1) is 11.3 Å². The smallest absolute Gasteiger partial charge is 0.224 e. The van der Waals surface area contributed by atoms with Gasteiger partial charge in [0.25, 0.3) is 0 Å². The molecule has 0 spiro atoms. The topological polar surface area (TPSA) is 46.3 Å². The molecule has 4 heteroatoms. The van der Waals surface area contributed by atoms with Gasteiger partial charge in [0.1, 0.15) is 0 Å². The number of nitrogens with zero attached hydrogens (tertiary/aromatic N) is 1. The fraction of sp³-hybridized carbons (Fsp3) is 0.583. The fourth-order valence-electron chi connectivity index (χ4n) is 2.85. The first-order valence-corrected chi connectivity index (χ1v) is 6.75. The molecule has 1 fully saturated rings. The molecule has 16 heavy (non-hydrogen) atoms. The summed E-state index contributed by atoms with van der Waals surface area (Å²) in [5, 5.41) is 2.14. The number of amides is 1. The molecule has 2 heterocycles. The van der Waals surface area contributed by atoms with Gasteiger partial charge in [0.05, 0.1) is 6.04 Å². The van der Waals surface area contributed by atoms with E-state index in [1.165, 1.54) is 23.3 Å². The Kier molecular flexibility index (Phi) is 2.48. The van der Waals surface area contributed by atoms with Crippen LogP contribution in [0, 0.1) is 0 Å². The van der Waals surface area contributed by atoms with Gasteiger partial charge < -0.3 is 10.6 Å². The maximum Gasteiger partial charge on any atom is 0.224 e. The highest BCUT2D eigenvalue weighted by Crippen LogP contribution is 2.38. The second-order valence-corrected chi connectivity index (χ2v) is 5.72. The molecular formula is C12H16N2OS. The highest BCUT2D eigenvalue weighted by atomic mass is 32.1. The lowest BCUT2D eigenvalue weighted by Crippen LogP contribution is -2.33. The van der Waals surface area contributed by atoms with Crippen LogP contribution in [0.4, 0.5) is 0 Å². The van der Waals surface area contributed by atoms with Crippen molar-refractivity contribution in [1.29, 1.82) is 0 Å². The number of hydrogen-bond acceptors (Lipinski definition) is 3. The monoisotopic (exact) mass is 236 g/mol. The molecular weight excluding hydrogens is 220 g/mol. The number of carbonyl (C=O) groups excluding carboxylic acids is 1. The van der Waals surface area contributed by atoms with Crippen LogP contribution >= 0.6 is 11.3 Å². The largest absolute Gasteiger partial charge is 0.334 e. The van der Waals surface area contributed by atoms with E-state index < -0.39 is 0 Å². The van der Waals surface area contributed by atoms with Crippen molar-refractivity contribution in [3.8, 4) is 0 Å². The summed E-state index contributed by atoms with van der Waals surface area (Å²) in [4.78, 5) is 15.3. The molecule has 0 saturated carbocycles. The first-order valence-electron chi connectivity index (χ1n) is 5.87. The average molecular weight is 236 g/mol. The van der Waals surface area contributed by atoms with Crippen molar-refractivity contribution in [3.63, 3.8) is 0 Å². The third-order valence-electron chi connectivity index (χ3n) is 3.58. The maximum absolute atomic E-state index is 11.9. The maximum atomic E-state index is 11.9. The van der Waals surface area contributed by atoms with E-state index in [1.807, 2.05) is 16.2 Å². The molecule has 2 atom stereocenters. The van der Waals surface area contributed by atoms with Gasteiger partial charge >= 0.3 is 0 Å². The summed E-state index contributed by atoms with van der Waals surface area (Å²) in [6.07, 6.45) is 3.99. The molecule has 0 bridgehead atoms. The molecule has 1 aliphatic heterocycles. The van der Waals surface area contributed by atoms with Gasteiger partial charge in [-0.25, -0.2) is 0 Å². The first kappa shape index (κ1) is 10.3. The molecule has 2 N–H and O–H groups in total. The number of rotatable bonds is 1. The predicted octanol–water partition coefficient (Wildman–Crippen LogP) is 1.69. The van der Waals surface area contributed by atoms with E-state index in [2.05, 4.69) is 11.4 Å². The third kappa shape index (κ3) is 1.57. The lowest BCUT2D eigenvalue weighted by atomic mass is 9.93. The SMILES string of the molecule is NC1CC(=O)N(C2CCCc3sccc32)C1. The molecule has 1 saturated heterocycles. The lowest BCUT2D eigenvalue weighted by Gasteiger charge is -2.31. The van der Waals surface area contributed by atoms with Gasteiger partial charge in [0.2, 0.25) is 5.91 Å².